The van der Waals surface area contributed by atoms with E-state index in [0.29, 0.717) is 0 Å². The van der Waals surface area contributed by atoms with Gasteiger partial charge in [0, 0.05) is 12.4 Å². The van der Waals surface area contributed by atoms with E-state index in [9.17, 15) is 9.59 Å². The molecular weight excluding hydrogens is 314 g/mol. The Morgan fingerprint density at radius 3 is 2.87 bits per heavy atom. The number of rotatable bonds is 6. The van der Waals surface area contributed by atoms with Crippen molar-refractivity contribution >= 4 is 23.6 Å². The Bertz CT molecular complexity index is 712. The summed E-state index contributed by atoms with van der Waals surface area (Å²) in [6, 6.07) is 6.20. The highest BCUT2D eigenvalue weighted by Crippen LogP contribution is 2.23. The topological polar surface area (TPSA) is 73.2 Å². The fourth-order valence-corrected chi connectivity index (χ4v) is 2.78. The summed E-state index contributed by atoms with van der Waals surface area (Å²) in [5.74, 6) is -0.532. The van der Waals surface area contributed by atoms with Gasteiger partial charge in [0.1, 0.15) is 6.54 Å². The molecule has 0 bridgehead atoms. The second-order valence-corrected chi connectivity index (χ2v) is 5.95. The third-order valence-corrected chi connectivity index (χ3v) is 4.19. The maximum atomic E-state index is 11.8. The number of carbonyl (C=O) groups is 2. The van der Waals surface area contributed by atoms with Crippen molar-refractivity contribution in [3.63, 3.8) is 0 Å². The molecule has 1 N–H and O–H groups in total. The van der Waals surface area contributed by atoms with E-state index >= 15 is 0 Å². The highest BCUT2D eigenvalue weighted by atomic mass is 32.2. The summed E-state index contributed by atoms with van der Waals surface area (Å²) in [6.07, 6.45) is 3.58. The van der Waals surface area contributed by atoms with Crippen LogP contribution in [0.3, 0.4) is 0 Å². The zero-order valence-corrected chi connectivity index (χ0v) is 14.1. The van der Waals surface area contributed by atoms with Gasteiger partial charge in [0.05, 0.1) is 18.6 Å². The first kappa shape index (κ1) is 17.1. The maximum absolute atomic E-state index is 11.8. The molecule has 0 spiro atoms. The maximum Gasteiger partial charge on any atom is 0.325 e. The number of amides is 1. The Kier molecular flexibility index (Phi) is 5.81. The average molecular weight is 333 g/mol. The normalized spacial score (nSPS) is 10.4. The first-order chi connectivity index (χ1) is 11.0. The number of nitrogens with zero attached hydrogens (tertiary/aromatic N) is 2. The van der Waals surface area contributed by atoms with Crippen LogP contribution >= 0.6 is 11.8 Å². The van der Waals surface area contributed by atoms with E-state index in [4.69, 9.17) is 0 Å². The van der Waals surface area contributed by atoms with Crippen LogP contribution in [0.1, 0.15) is 11.1 Å². The lowest BCUT2D eigenvalue weighted by atomic mass is 10.1. The molecule has 122 valence electrons. The molecule has 0 atom stereocenters. The van der Waals surface area contributed by atoms with Gasteiger partial charge < -0.3 is 10.1 Å². The van der Waals surface area contributed by atoms with E-state index in [1.165, 1.54) is 18.9 Å². The fourth-order valence-electron chi connectivity index (χ4n) is 1.98. The fraction of sp³-hybridized carbons (Fsp3) is 0.312. The number of methoxy groups -OCH3 is 1. The summed E-state index contributed by atoms with van der Waals surface area (Å²) in [4.78, 5) is 27.0. The van der Waals surface area contributed by atoms with Gasteiger partial charge in [-0.2, -0.15) is 0 Å². The van der Waals surface area contributed by atoms with Crippen LogP contribution in [0.2, 0.25) is 0 Å². The van der Waals surface area contributed by atoms with Gasteiger partial charge in [0.2, 0.25) is 5.91 Å². The molecule has 6 nitrogen and oxygen atoms in total. The van der Waals surface area contributed by atoms with Gasteiger partial charge >= 0.3 is 5.97 Å². The quantitative estimate of drug-likeness (QED) is 0.645. The third-order valence-electron chi connectivity index (χ3n) is 3.22. The number of benzene rings is 1. The molecule has 2 rings (SSSR count). The predicted octanol–water partition coefficient (Wildman–Crippen LogP) is 1.87. The predicted molar refractivity (Wildman–Crippen MR) is 88.8 cm³/mol. The van der Waals surface area contributed by atoms with Crippen LogP contribution in [0, 0.1) is 13.8 Å². The highest BCUT2D eigenvalue weighted by molar-refractivity contribution is 7.99. The van der Waals surface area contributed by atoms with E-state index in [1.807, 2.05) is 24.6 Å². The lowest BCUT2D eigenvalue weighted by Crippen LogP contribution is -2.31. The molecule has 1 amide bonds. The minimum absolute atomic E-state index is 0.124. The molecular formula is C16H19N3O3S. The Morgan fingerprint density at radius 2 is 2.13 bits per heavy atom. The number of ether oxygens (including phenoxy) is 1. The molecule has 0 saturated heterocycles. The Morgan fingerprint density at radius 1 is 1.35 bits per heavy atom. The molecule has 1 aromatic carbocycles. The smallest absolute Gasteiger partial charge is 0.325 e. The van der Waals surface area contributed by atoms with Crippen molar-refractivity contribution in [1.82, 2.24) is 14.9 Å². The van der Waals surface area contributed by atoms with Crippen LogP contribution in [-0.4, -0.2) is 40.8 Å². The summed E-state index contributed by atoms with van der Waals surface area (Å²) in [7, 11) is 1.28. The lowest BCUT2D eigenvalue weighted by molar-refractivity contribution is -0.140. The first-order valence-corrected chi connectivity index (χ1v) is 8.07. The van der Waals surface area contributed by atoms with Crippen molar-refractivity contribution in [2.24, 2.45) is 0 Å². The van der Waals surface area contributed by atoms with E-state index in [1.54, 1.807) is 6.20 Å². The van der Waals surface area contributed by atoms with Gasteiger partial charge in [-0.25, -0.2) is 4.98 Å². The number of aromatic nitrogens is 2. The summed E-state index contributed by atoms with van der Waals surface area (Å²) >= 11 is 1.32. The van der Waals surface area contributed by atoms with Gasteiger partial charge in [-0.1, -0.05) is 23.9 Å². The zero-order valence-electron chi connectivity index (χ0n) is 13.3. The van der Waals surface area contributed by atoms with Crippen molar-refractivity contribution < 1.29 is 14.3 Å². The van der Waals surface area contributed by atoms with Crippen molar-refractivity contribution in [3.8, 4) is 5.69 Å². The van der Waals surface area contributed by atoms with Gasteiger partial charge in [0.25, 0.3) is 0 Å². The lowest BCUT2D eigenvalue weighted by Gasteiger charge is -2.11. The number of hydrogen-bond acceptors (Lipinski definition) is 5. The second-order valence-electron chi connectivity index (χ2n) is 5.01. The number of imidazole rings is 1. The number of carbonyl (C=O) groups excluding carboxylic acids is 2. The summed E-state index contributed by atoms with van der Waals surface area (Å²) in [5.41, 5.74) is 3.33. The van der Waals surface area contributed by atoms with Crippen LogP contribution in [0.15, 0.2) is 35.7 Å². The molecule has 0 saturated carbocycles. The largest absolute Gasteiger partial charge is 0.468 e. The van der Waals surface area contributed by atoms with E-state index < -0.39 is 5.97 Å². The Balaban J connectivity index is 2.03. The molecule has 0 unspecified atom stereocenters. The van der Waals surface area contributed by atoms with Crippen LogP contribution < -0.4 is 5.32 Å². The number of nitrogens with one attached hydrogen (secondary N) is 1. The van der Waals surface area contributed by atoms with Crippen molar-refractivity contribution in [1.29, 1.82) is 0 Å². The monoisotopic (exact) mass is 333 g/mol. The van der Waals surface area contributed by atoms with E-state index in [2.05, 4.69) is 33.2 Å². The minimum Gasteiger partial charge on any atom is -0.468 e. The van der Waals surface area contributed by atoms with Gasteiger partial charge in [-0.05, 0) is 31.0 Å². The van der Waals surface area contributed by atoms with Gasteiger partial charge in [0.15, 0.2) is 5.16 Å². The number of esters is 1. The van der Waals surface area contributed by atoms with Crippen LogP contribution in [0.5, 0.6) is 0 Å². The Labute approximate surface area is 139 Å². The minimum atomic E-state index is -0.472. The van der Waals surface area contributed by atoms with Crippen molar-refractivity contribution in [2.75, 3.05) is 19.4 Å². The zero-order chi connectivity index (χ0) is 16.8. The molecule has 0 aliphatic heterocycles. The standard InChI is InChI=1S/C16H19N3O3S/c1-11-4-5-12(2)13(8-11)19-7-6-17-16(19)23-10-14(20)18-9-15(21)22-3/h4-8H,9-10H2,1-3H3,(H,18,20). The van der Waals surface area contributed by atoms with Gasteiger partial charge in [-0.15, -0.1) is 0 Å². The second kappa shape index (κ2) is 7.82. The van der Waals surface area contributed by atoms with Crippen LogP contribution in [-0.2, 0) is 14.3 Å². The van der Waals surface area contributed by atoms with Crippen LogP contribution in [0.4, 0.5) is 0 Å². The van der Waals surface area contributed by atoms with Crippen molar-refractivity contribution in [3.05, 3.63) is 41.7 Å². The molecule has 1 aromatic heterocycles. The van der Waals surface area contributed by atoms with Crippen LogP contribution in [0.25, 0.3) is 5.69 Å². The number of hydrogen-bond donors (Lipinski definition) is 1. The summed E-state index contributed by atoms with van der Waals surface area (Å²) in [5, 5.41) is 3.23. The molecule has 0 radical (unpaired) electrons. The molecule has 23 heavy (non-hydrogen) atoms. The summed E-state index contributed by atoms with van der Waals surface area (Å²) in [6.45, 7) is 3.94. The first-order valence-electron chi connectivity index (χ1n) is 7.08. The Hall–Kier alpha value is -2.28. The molecule has 1 heterocycles. The van der Waals surface area contributed by atoms with E-state index in [-0.39, 0.29) is 18.2 Å². The molecule has 7 heteroatoms. The number of thioether (sulfide) groups is 1. The molecule has 2 aromatic rings. The van der Waals surface area contributed by atoms with Gasteiger partial charge in [-0.3, -0.25) is 14.2 Å². The summed E-state index contributed by atoms with van der Waals surface area (Å²) < 4.78 is 6.43. The SMILES string of the molecule is COC(=O)CNC(=O)CSc1nccn1-c1cc(C)ccc1C. The average Bonchev–Trinajstić information content (AvgIpc) is 3.01. The highest BCUT2D eigenvalue weighted by Gasteiger charge is 2.11. The third kappa shape index (κ3) is 4.59. The van der Waals surface area contributed by atoms with Crippen molar-refractivity contribution in [2.45, 2.75) is 19.0 Å². The molecule has 0 aliphatic rings. The number of aryl methyl sites for hydroxylation is 2. The molecule has 0 fully saturated rings. The molecule has 0 aliphatic carbocycles. The van der Waals surface area contributed by atoms with E-state index in [0.717, 1.165) is 22.0 Å².